The smallest absolute Gasteiger partial charge is 0.323 e. The second kappa shape index (κ2) is 14.5. The second-order valence-electron chi connectivity index (χ2n) is 10.5. The zero-order valence-corrected chi connectivity index (χ0v) is 24.0. The molecule has 0 radical (unpaired) electrons. The third-order valence-electron chi connectivity index (χ3n) is 7.63. The van der Waals surface area contributed by atoms with Gasteiger partial charge in [0.1, 0.15) is 0 Å². The van der Waals surface area contributed by atoms with E-state index in [9.17, 15) is 9.59 Å². The Balaban J connectivity index is 1.45. The quantitative estimate of drug-likeness (QED) is 0.240. The van der Waals surface area contributed by atoms with Crippen LogP contribution in [0.1, 0.15) is 53.2 Å². The number of nitrogens with zero attached hydrogens (tertiary/aromatic N) is 1. The molecule has 3 N–H and O–H groups in total. The number of carbonyl (C=O) groups is 2. The van der Waals surface area contributed by atoms with Gasteiger partial charge in [-0.2, -0.15) is 0 Å². The number of rotatable bonds is 11. The molecule has 1 saturated heterocycles. The first-order valence-electron chi connectivity index (χ1n) is 14.4. The predicted molar refractivity (Wildman–Crippen MR) is 164 cm³/mol. The summed E-state index contributed by atoms with van der Waals surface area (Å²) in [4.78, 5) is 28.5. The summed E-state index contributed by atoms with van der Waals surface area (Å²) in [7, 11) is 0. The van der Waals surface area contributed by atoms with Crippen molar-refractivity contribution in [1.29, 1.82) is 0 Å². The minimum absolute atomic E-state index is 0.142. The summed E-state index contributed by atoms with van der Waals surface area (Å²) in [6.07, 6.45) is 3.97. The van der Waals surface area contributed by atoms with E-state index in [4.69, 9.17) is 4.74 Å². The van der Waals surface area contributed by atoms with Crippen molar-refractivity contribution in [2.45, 2.75) is 46.5 Å². The molecule has 0 bridgehead atoms. The Bertz CT molecular complexity index is 1270. The largest absolute Gasteiger partial charge is 0.382 e. The van der Waals surface area contributed by atoms with Crippen LogP contribution >= 0.6 is 0 Å². The maximum atomic E-state index is 13.4. The van der Waals surface area contributed by atoms with E-state index in [1.54, 1.807) is 6.07 Å². The molecule has 7 nitrogen and oxygen atoms in total. The SMILES string of the molecule is CCOCCCNC(=O)c1cc(NC(=O)Nc2cccc(C)c2C)ccc1N1CCC(Cc2ccccc2)CC1. The van der Waals surface area contributed by atoms with Crippen LogP contribution < -0.4 is 20.9 Å². The molecule has 0 saturated carbocycles. The zero-order valence-electron chi connectivity index (χ0n) is 24.0. The highest BCUT2D eigenvalue weighted by molar-refractivity contribution is 6.04. The molecule has 1 heterocycles. The molecule has 4 rings (SSSR count). The van der Waals surface area contributed by atoms with Crippen molar-refractivity contribution in [3.8, 4) is 0 Å². The average Bonchev–Trinajstić information content (AvgIpc) is 2.96. The molecule has 7 heteroatoms. The molecule has 212 valence electrons. The van der Waals surface area contributed by atoms with E-state index in [-0.39, 0.29) is 11.9 Å². The summed E-state index contributed by atoms with van der Waals surface area (Å²) in [5, 5.41) is 8.88. The van der Waals surface area contributed by atoms with Crippen molar-refractivity contribution in [1.82, 2.24) is 5.32 Å². The van der Waals surface area contributed by atoms with Gasteiger partial charge in [0.25, 0.3) is 5.91 Å². The van der Waals surface area contributed by atoms with Gasteiger partial charge in [-0.15, -0.1) is 0 Å². The van der Waals surface area contributed by atoms with Crippen molar-refractivity contribution < 1.29 is 14.3 Å². The fourth-order valence-electron chi connectivity index (χ4n) is 5.18. The van der Waals surface area contributed by atoms with Crippen LogP contribution in [0.5, 0.6) is 0 Å². The summed E-state index contributed by atoms with van der Waals surface area (Å²) in [5.41, 5.74) is 6.32. The van der Waals surface area contributed by atoms with Gasteiger partial charge in [0.15, 0.2) is 0 Å². The Morgan fingerprint density at radius 2 is 1.73 bits per heavy atom. The number of amides is 3. The number of piperidine rings is 1. The molecule has 0 unspecified atom stereocenters. The summed E-state index contributed by atoms with van der Waals surface area (Å²) in [6.45, 7) is 9.54. The Kier molecular flexibility index (Phi) is 10.6. The minimum atomic E-state index is -0.341. The lowest BCUT2D eigenvalue weighted by Crippen LogP contribution is -2.36. The number of aryl methyl sites for hydroxylation is 1. The van der Waals surface area contributed by atoms with Gasteiger partial charge in [0.05, 0.1) is 5.56 Å². The second-order valence-corrected chi connectivity index (χ2v) is 10.5. The number of benzene rings is 3. The maximum absolute atomic E-state index is 13.4. The monoisotopic (exact) mass is 542 g/mol. The first-order valence-corrected chi connectivity index (χ1v) is 14.4. The molecule has 0 atom stereocenters. The fraction of sp³-hybridized carbons (Fsp3) is 0.394. The van der Waals surface area contributed by atoms with Crippen molar-refractivity contribution in [3.63, 3.8) is 0 Å². The molecule has 1 aliphatic heterocycles. The van der Waals surface area contributed by atoms with E-state index in [2.05, 4.69) is 51.2 Å². The van der Waals surface area contributed by atoms with Gasteiger partial charge in [-0.25, -0.2) is 4.79 Å². The van der Waals surface area contributed by atoms with Gasteiger partial charge in [0, 0.05) is 49.9 Å². The molecular weight excluding hydrogens is 500 g/mol. The Hall–Kier alpha value is -3.84. The van der Waals surface area contributed by atoms with E-state index in [1.165, 1.54) is 5.56 Å². The van der Waals surface area contributed by atoms with Crippen LogP contribution in [-0.2, 0) is 11.2 Å². The van der Waals surface area contributed by atoms with E-state index >= 15 is 0 Å². The van der Waals surface area contributed by atoms with Crippen LogP contribution in [0.25, 0.3) is 0 Å². The van der Waals surface area contributed by atoms with Gasteiger partial charge in [0.2, 0.25) is 0 Å². The number of hydrogen-bond acceptors (Lipinski definition) is 4. The van der Waals surface area contributed by atoms with E-state index < -0.39 is 0 Å². The average molecular weight is 543 g/mol. The standard InChI is InChI=1S/C33H42N4O3/c1-4-40-21-9-18-34-32(38)29-23-28(35-33(39)36-30-13-8-10-24(2)25(30)3)14-15-31(29)37-19-16-27(17-20-37)22-26-11-6-5-7-12-26/h5-8,10-15,23,27H,4,9,16-22H2,1-3H3,(H,34,38)(H2,35,36,39). The number of ether oxygens (including phenoxy) is 1. The predicted octanol–water partition coefficient (Wildman–Crippen LogP) is 6.56. The first-order chi connectivity index (χ1) is 19.4. The molecule has 1 aliphatic rings. The van der Waals surface area contributed by atoms with E-state index in [1.807, 2.05) is 51.1 Å². The third-order valence-corrected chi connectivity index (χ3v) is 7.63. The van der Waals surface area contributed by atoms with Crippen molar-refractivity contribution in [2.24, 2.45) is 5.92 Å². The molecule has 3 aromatic rings. The fourth-order valence-corrected chi connectivity index (χ4v) is 5.18. The van der Waals surface area contributed by atoms with Crippen molar-refractivity contribution in [3.05, 3.63) is 89.0 Å². The lowest BCUT2D eigenvalue weighted by molar-refractivity contribution is 0.0944. The molecule has 0 aromatic heterocycles. The third kappa shape index (κ3) is 8.09. The molecular formula is C33H42N4O3. The maximum Gasteiger partial charge on any atom is 0.323 e. The molecule has 0 aliphatic carbocycles. The van der Waals surface area contributed by atoms with Crippen molar-refractivity contribution in [2.75, 3.05) is 48.4 Å². The van der Waals surface area contributed by atoms with Crippen LogP contribution in [0.4, 0.5) is 21.9 Å². The lowest BCUT2D eigenvalue weighted by atomic mass is 9.89. The van der Waals surface area contributed by atoms with Crippen LogP contribution in [0.15, 0.2) is 66.7 Å². The number of carbonyl (C=O) groups excluding carboxylic acids is 2. The Morgan fingerprint density at radius 1 is 0.950 bits per heavy atom. The number of urea groups is 1. The van der Waals surface area contributed by atoms with Gasteiger partial charge in [-0.3, -0.25) is 4.79 Å². The van der Waals surface area contributed by atoms with E-state index in [0.29, 0.717) is 36.9 Å². The highest BCUT2D eigenvalue weighted by Crippen LogP contribution is 2.30. The highest BCUT2D eigenvalue weighted by atomic mass is 16.5. The topological polar surface area (TPSA) is 82.7 Å². The van der Waals surface area contributed by atoms with Gasteiger partial charge >= 0.3 is 6.03 Å². The normalized spacial score (nSPS) is 13.6. The van der Waals surface area contributed by atoms with Crippen LogP contribution in [0, 0.1) is 19.8 Å². The number of nitrogens with one attached hydrogen (secondary N) is 3. The lowest BCUT2D eigenvalue weighted by Gasteiger charge is -2.35. The number of anilines is 3. The molecule has 0 spiro atoms. The molecule has 3 amide bonds. The van der Waals surface area contributed by atoms with Crippen molar-refractivity contribution >= 4 is 29.0 Å². The van der Waals surface area contributed by atoms with Gasteiger partial charge < -0.3 is 25.6 Å². The zero-order chi connectivity index (χ0) is 28.3. The minimum Gasteiger partial charge on any atom is -0.382 e. The van der Waals surface area contributed by atoms with Crippen LogP contribution in [0.2, 0.25) is 0 Å². The highest BCUT2D eigenvalue weighted by Gasteiger charge is 2.24. The molecule has 40 heavy (non-hydrogen) atoms. The Morgan fingerprint density at radius 3 is 2.48 bits per heavy atom. The van der Waals surface area contributed by atoms with Crippen LogP contribution in [-0.4, -0.2) is 44.8 Å². The Labute approximate surface area is 238 Å². The van der Waals surface area contributed by atoms with E-state index in [0.717, 1.165) is 61.3 Å². The van der Waals surface area contributed by atoms with Gasteiger partial charge in [-0.1, -0.05) is 42.5 Å². The van der Waals surface area contributed by atoms with Crippen LogP contribution in [0.3, 0.4) is 0 Å². The summed E-state index contributed by atoms with van der Waals surface area (Å²) in [6, 6.07) is 21.7. The molecule has 3 aromatic carbocycles. The number of hydrogen-bond donors (Lipinski definition) is 3. The first kappa shape index (κ1) is 29.2. The summed E-state index contributed by atoms with van der Waals surface area (Å²) in [5.74, 6) is 0.487. The summed E-state index contributed by atoms with van der Waals surface area (Å²) < 4.78 is 5.41. The molecule has 1 fully saturated rings. The van der Waals surface area contributed by atoms with Gasteiger partial charge in [-0.05, 0) is 93.3 Å². The summed E-state index contributed by atoms with van der Waals surface area (Å²) >= 11 is 0.